The summed E-state index contributed by atoms with van der Waals surface area (Å²) < 4.78 is 10.9. The van der Waals surface area contributed by atoms with Crippen molar-refractivity contribution in [2.24, 2.45) is 0 Å². The van der Waals surface area contributed by atoms with E-state index in [-0.39, 0.29) is 30.4 Å². The van der Waals surface area contributed by atoms with Gasteiger partial charge < -0.3 is 24.6 Å². The fraction of sp³-hybridized carbons (Fsp3) is 0.591. The lowest BCUT2D eigenvalue weighted by Crippen LogP contribution is -2.60. The van der Waals surface area contributed by atoms with Gasteiger partial charge in [-0.25, -0.2) is 4.79 Å². The summed E-state index contributed by atoms with van der Waals surface area (Å²) in [6.45, 7) is 2.58. The summed E-state index contributed by atoms with van der Waals surface area (Å²) in [6.07, 6.45) is 1.35. The van der Waals surface area contributed by atoms with E-state index in [9.17, 15) is 14.4 Å². The Morgan fingerprint density at radius 2 is 1.94 bits per heavy atom. The highest BCUT2D eigenvalue weighted by Gasteiger charge is 2.45. The van der Waals surface area contributed by atoms with Crippen LogP contribution in [-0.2, 0) is 24.8 Å². The average molecular weight is 448 g/mol. The summed E-state index contributed by atoms with van der Waals surface area (Å²) in [5.41, 5.74) is 1.16. The molecule has 0 bridgehead atoms. The predicted molar refractivity (Wildman–Crippen MR) is 117 cm³/mol. The van der Waals surface area contributed by atoms with Crippen LogP contribution in [0.15, 0.2) is 30.3 Å². The molecule has 0 aromatic heterocycles. The van der Waals surface area contributed by atoms with Gasteiger partial charge in [0.2, 0.25) is 5.91 Å². The Labute approximate surface area is 186 Å². The van der Waals surface area contributed by atoms with Crippen molar-refractivity contribution in [1.29, 1.82) is 0 Å². The Balaban J connectivity index is 1.44. The molecule has 168 valence electrons. The summed E-state index contributed by atoms with van der Waals surface area (Å²) in [5, 5.41) is 2.93. The molecule has 9 heteroatoms. The molecule has 0 saturated carbocycles. The van der Waals surface area contributed by atoms with E-state index in [0.29, 0.717) is 38.6 Å². The van der Waals surface area contributed by atoms with Crippen LogP contribution in [-0.4, -0.2) is 90.9 Å². The number of amides is 3. The fourth-order valence-corrected chi connectivity index (χ4v) is 5.30. The van der Waals surface area contributed by atoms with Crippen molar-refractivity contribution in [3.05, 3.63) is 35.9 Å². The van der Waals surface area contributed by atoms with Gasteiger partial charge in [-0.1, -0.05) is 30.3 Å². The molecule has 3 saturated heterocycles. The molecular weight excluding hydrogens is 418 g/mol. The van der Waals surface area contributed by atoms with Crippen LogP contribution in [0.1, 0.15) is 18.4 Å². The third-order valence-corrected chi connectivity index (χ3v) is 7.02. The quantitative estimate of drug-likeness (QED) is 0.707. The first-order valence-electron chi connectivity index (χ1n) is 10.8. The number of thioether (sulfide) groups is 1. The van der Waals surface area contributed by atoms with Crippen molar-refractivity contribution in [2.45, 2.75) is 36.8 Å². The molecule has 3 atom stereocenters. The Bertz CT molecular complexity index is 787. The number of piperidine rings is 1. The first kappa shape index (κ1) is 22.1. The molecular formula is C22H29N3O5S. The van der Waals surface area contributed by atoms with Crippen molar-refractivity contribution < 1.29 is 23.9 Å². The lowest BCUT2D eigenvalue weighted by atomic mass is 9.97. The molecule has 31 heavy (non-hydrogen) atoms. The number of likely N-dealkylation sites (tertiary alicyclic amines) is 1. The van der Waals surface area contributed by atoms with Crippen LogP contribution in [0.3, 0.4) is 0 Å². The number of nitrogens with one attached hydrogen (secondary N) is 1. The number of ether oxygens (including phenoxy) is 2. The van der Waals surface area contributed by atoms with Gasteiger partial charge in [0.1, 0.15) is 18.7 Å². The Hall–Kier alpha value is -2.10. The van der Waals surface area contributed by atoms with Crippen LogP contribution >= 0.6 is 11.8 Å². The van der Waals surface area contributed by atoms with Crippen LogP contribution < -0.4 is 5.32 Å². The highest BCUT2D eigenvalue weighted by molar-refractivity contribution is 7.98. The van der Waals surface area contributed by atoms with Crippen molar-refractivity contribution in [3.63, 3.8) is 0 Å². The van der Waals surface area contributed by atoms with E-state index in [4.69, 9.17) is 9.47 Å². The second-order valence-corrected chi connectivity index (χ2v) is 9.07. The van der Waals surface area contributed by atoms with E-state index in [1.165, 1.54) is 0 Å². The van der Waals surface area contributed by atoms with Crippen molar-refractivity contribution in [1.82, 2.24) is 15.1 Å². The van der Waals surface area contributed by atoms with Crippen molar-refractivity contribution in [3.8, 4) is 0 Å². The van der Waals surface area contributed by atoms with Gasteiger partial charge in [0.25, 0.3) is 0 Å². The molecule has 0 aliphatic carbocycles. The highest BCUT2D eigenvalue weighted by atomic mass is 32.2. The molecule has 1 aromatic carbocycles. The van der Waals surface area contributed by atoms with Crippen LogP contribution in [0.5, 0.6) is 0 Å². The molecule has 0 unspecified atom stereocenters. The second-order valence-electron chi connectivity index (χ2n) is 8.04. The number of morpholine rings is 1. The van der Waals surface area contributed by atoms with Gasteiger partial charge in [-0.05, 0) is 18.4 Å². The number of carbonyl (C=O) groups excluding carboxylic acids is 3. The largest absolute Gasteiger partial charge is 0.378 e. The van der Waals surface area contributed by atoms with Crippen LogP contribution in [0, 0.1) is 0 Å². The predicted octanol–water partition coefficient (Wildman–Crippen LogP) is 1.29. The number of hydrogen-bond acceptors (Lipinski definition) is 6. The Morgan fingerprint density at radius 1 is 1.16 bits per heavy atom. The van der Waals surface area contributed by atoms with E-state index in [1.54, 1.807) is 21.6 Å². The van der Waals surface area contributed by atoms with Crippen molar-refractivity contribution in [2.75, 3.05) is 45.2 Å². The minimum absolute atomic E-state index is 0.0479. The van der Waals surface area contributed by atoms with Gasteiger partial charge >= 0.3 is 6.03 Å². The molecule has 3 heterocycles. The van der Waals surface area contributed by atoms with E-state index >= 15 is 0 Å². The number of nitrogens with zero attached hydrogens (tertiary/aromatic N) is 2. The third-order valence-electron chi connectivity index (χ3n) is 5.92. The molecule has 0 spiro atoms. The number of urea groups is 1. The number of fused-ring (bicyclic) bond motifs is 1. The Morgan fingerprint density at radius 3 is 2.71 bits per heavy atom. The topological polar surface area (TPSA) is 88.2 Å². The number of Topliss-reactive ketones (excluding diaryl/α,β-unsaturated/α-hetero) is 1. The maximum absolute atomic E-state index is 13.5. The van der Waals surface area contributed by atoms with E-state index < -0.39 is 12.1 Å². The molecule has 0 radical (unpaired) electrons. The number of ketones is 1. The summed E-state index contributed by atoms with van der Waals surface area (Å²) in [5.74, 6) is 0.933. The van der Waals surface area contributed by atoms with Crippen LogP contribution in [0.2, 0.25) is 0 Å². The first-order chi connectivity index (χ1) is 15.1. The first-order valence-corrected chi connectivity index (χ1v) is 12.0. The fourth-order valence-electron chi connectivity index (χ4n) is 4.29. The van der Waals surface area contributed by atoms with Gasteiger partial charge in [-0.2, -0.15) is 11.8 Å². The summed E-state index contributed by atoms with van der Waals surface area (Å²) in [7, 11) is 0. The lowest BCUT2D eigenvalue weighted by Gasteiger charge is -2.38. The molecule has 3 aliphatic heterocycles. The zero-order chi connectivity index (χ0) is 21.6. The maximum atomic E-state index is 13.5. The lowest BCUT2D eigenvalue weighted by molar-refractivity contribution is -0.142. The van der Waals surface area contributed by atoms with Gasteiger partial charge in [-0.15, -0.1) is 0 Å². The monoisotopic (exact) mass is 447 g/mol. The summed E-state index contributed by atoms with van der Waals surface area (Å²) in [6, 6.07) is 8.54. The summed E-state index contributed by atoms with van der Waals surface area (Å²) >= 11 is 1.60. The Kier molecular flexibility index (Phi) is 7.47. The summed E-state index contributed by atoms with van der Waals surface area (Å²) in [4.78, 5) is 42.0. The number of rotatable bonds is 6. The minimum Gasteiger partial charge on any atom is -0.378 e. The zero-order valence-corrected chi connectivity index (χ0v) is 18.4. The molecule has 4 rings (SSSR count). The SMILES string of the molecule is O=C1CO[C@H]2CCCN(C(=O)[C@H](CSCc3ccccc3)NC(=O)N3CCOCC3)[C@@H]12. The van der Waals surface area contributed by atoms with E-state index in [1.807, 2.05) is 30.3 Å². The minimum atomic E-state index is -0.698. The van der Waals surface area contributed by atoms with Gasteiger partial charge in [-0.3, -0.25) is 9.59 Å². The molecule has 1 N–H and O–H groups in total. The zero-order valence-electron chi connectivity index (χ0n) is 17.5. The standard InChI is InChI=1S/C22H29N3O5S/c26-18-13-30-19-7-4-8-25(20(18)19)21(27)17(15-31-14-16-5-2-1-3-6-16)23-22(28)24-9-11-29-12-10-24/h1-3,5-6,17,19-20H,4,7-15H2,(H,23,28)/t17-,19-,20-/m0/s1. The molecule has 8 nitrogen and oxygen atoms in total. The number of carbonyl (C=O) groups is 3. The van der Waals surface area contributed by atoms with E-state index in [0.717, 1.165) is 24.2 Å². The van der Waals surface area contributed by atoms with Gasteiger partial charge in [0.05, 0.1) is 19.3 Å². The smallest absolute Gasteiger partial charge is 0.318 e. The molecule has 3 aliphatic rings. The highest BCUT2D eigenvalue weighted by Crippen LogP contribution is 2.27. The average Bonchev–Trinajstić information content (AvgIpc) is 3.20. The second kappa shape index (κ2) is 10.5. The van der Waals surface area contributed by atoms with Crippen LogP contribution in [0.4, 0.5) is 4.79 Å². The number of benzene rings is 1. The number of hydrogen-bond donors (Lipinski definition) is 1. The van der Waals surface area contributed by atoms with Crippen LogP contribution in [0.25, 0.3) is 0 Å². The maximum Gasteiger partial charge on any atom is 0.318 e. The third kappa shape index (κ3) is 5.39. The van der Waals surface area contributed by atoms with Gasteiger partial charge in [0.15, 0.2) is 5.78 Å². The molecule has 3 amide bonds. The van der Waals surface area contributed by atoms with Crippen molar-refractivity contribution >= 4 is 29.5 Å². The normalized spacial score (nSPS) is 24.6. The molecule has 3 fully saturated rings. The van der Waals surface area contributed by atoms with E-state index in [2.05, 4.69) is 5.32 Å². The molecule has 1 aromatic rings. The van der Waals surface area contributed by atoms with Gasteiger partial charge in [0, 0.05) is 31.1 Å².